The van der Waals surface area contributed by atoms with E-state index in [-0.39, 0.29) is 11.1 Å². The molecule has 100 valence electrons. The fraction of sp³-hybridized carbons (Fsp3) is 0.286. The third kappa shape index (κ3) is 3.28. The lowest BCUT2D eigenvalue weighted by molar-refractivity contribution is 0.625. The predicted octanol–water partition coefficient (Wildman–Crippen LogP) is 3.13. The second-order valence-corrected chi connectivity index (χ2v) is 4.99. The zero-order chi connectivity index (χ0) is 14.0. The van der Waals surface area contributed by atoms with Gasteiger partial charge in [-0.25, -0.2) is 4.39 Å². The third-order valence-electron chi connectivity index (χ3n) is 2.98. The van der Waals surface area contributed by atoms with E-state index in [1.165, 1.54) is 6.07 Å². The van der Waals surface area contributed by atoms with Crippen molar-refractivity contribution >= 4 is 11.6 Å². The van der Waals surface area contributed by atoms with E-state index >= 15 is 0 Å². The Labute approximate surface area is 116 Å². The summed E-state index contributed by atoms with van der Waals surface area (Å²) in [4.78, 5) is 0. The maximum Gasteiger partial charge on any atom is 0.141 e. The van der Waals surface area contributed by atoms with E-state index in [2.05, 4.69) is 10.2 Å². The molecule has 0 aliphatic heterocycles. The van der Waals surface area contributed by atoms with Gasteiger partial charge in [-0.3, -0.25) is 0 Å². The summed E-state index contributed by atoms with van der Waals surface area (Å²) >= 11 is 5.76. The molecule has 0 saturated carbocycles. The van der Waals surface area contributed by atoms with E-state index in [9.17, 15) is 4.39 Å². The van der Waals surface area contributed by atoms with Crippen LogP contribution in [0.15, 0.2) is 24.3 Å². The molecule has 0 spiro atoms. The Balaban J connectivity index is 2.22. The summed E-state index contributed by atoms with van der Waals surface area (Å²) in [7, 11) is 0. The summed E-state index contributed by atoms with van der Waals surface area (Å²) < 4.78 is 13.1. The Morgan fingerprint density at radius 3 is 2.68 bits per heavy atom. The first kappa shape index (κ1) is 13.9. The van der Waals surface area contributed by atoms with Crippen LogP contribution in [0, 0.1) is 19.7 Å². The summed E-state index contributed by atoms with van der Waals surface area (Å²) in [6, 6.07) is 6.37. The van der Waals surface area contributed by atoms with Gasteiger partial charge >= 0.3 is 0 Å². The highest BCUT2D eigenvalue weighted by Gasteiger charge is 2.12. The molecule has 2 rings (SSSR count). The SMILES string of the molecule is Cc1cc(C(N)Cc2ccc(F)c(Cl)c2)c(C)nn1. The minimum absolute atomic E-state index is 0.116. The molecule has 0 saturated heterocycles. The number of nitrogens with two attached hydrogens (primary N) is 1. The van der Waals surface area contributed by atoms with Crippen molar-refractivity contribution in [3.8, 4) is 0 Å². The highest BCUT2D eigenvalue weighted by Crippen LogP contribution is 2.22. The molecule has 2 aromatic rings. The molecule has 0 fully saturated rings. The first-order valence-electron chi connectivity index (χ1n) is 5.97. The molecule has 5 heteroatoms. The smallest absolute Gasteiger partial charge is 0.141 e. The van der Waals surface area contributed by atoms with Crippen LogP contribution in [0.4, 0.5) is 4.39 Å². The highest BCUT2D eigenvalue weighted by molar-refractivity contribution is 6.30. The van der Waals surface area contributed by atoms with Gasteiger partial charge in [0.05, 0.1) is 16.4 Å². The van der Waals surface area contributed by atoms with Gasteiger partial charge < -0.3 is 5.73 Å². The second-order valence-electron chi connectivity index (χ2n) is 4.59. The fourth-order valence-electron chi connectivity index (χ4n) is 1.98. The summed E-state index contributed by atoms with van der Waals surface area (Å²) in [5.74, 6) is -0.420. The minimum Gasteiger partial charge on any atom is -0.324 e. The molecule has 0 aliphatic carbocycles. The normalized spacial score (nSPS) is 12.5. The van der Waals surface area contributed by atoms with Gasteiger partial charge in [0.15, 0.2) is 0 Å². The average molecular weight is 280 g/mol. The molecule has 1 atom stereocenters. The third-order valence-corrected chi connectivity index (χ3v) is 3.27. The van der Waals surface area contributed by atoms with Crippen LogP contribution in [0.5, 0.6) is 0 Å². The molecule has 0 bridgehead atoms. The molecule has 0 radical (unpaired) electrons. The van der Waals surface area contributed by atoms with Crippen LogP contribution in [0.3, 0.4) is 0 Å². The average Bonchev–Trinajstić information content (AvgIpc) is 2.36. The van der Waals surface area contributed by atoms with E-state index < -0.39 is 5.82 Å². The molecular weight excluding hydrogens is 265 g/mol. The van der Waals surface area contributed by atoms with Gasteiger partial charge in [0, 0.05) is 6.04 Å². The van der Waals surface area contributed by atoms with Crippen LogP contribution >= 0.6 is 11.6 Å². The molecule has 1 unspecified atom stereocenters. The standard InChI is InChI=1S/C14H15ClFN3/c1-8-5-11(9(2)19-18-8)14(17)7-10-3-4-13(16)12(15)6-10/h3-6,14H,7,17H2,1-2H3. The van der Waals surface area contributed by atoms with Crippen LogP contribution in [0.2, 0.25) is 5.02 Å². The van der Waals surface area contributed by atoms with Crippen LogP contribution < -0.4 is 5.73 Å². The number of halogens is 2. The van der Waals surface area contributed by atoms with Crippen LogP contribution in [-0.2, 0) is 6.42 Å². The van der Waals surface area contributed by atoms with Crippen LogP contribution in [0.25, 0.3) is 0 Å². The predicted molar refractivity (Wildman–Crippen MR) is 73.5 cm³/mol. The summed E-state index contributed by atoms with van der Waals surface area (Å²) in [6.45, 7) is 3.75. The maximum atomic E-state index is 13.1. The van der Waals surface area contributed by atoms with Crippen LogP contribution in [-0.4, -0.2) is 10.2 Å². The van der Waals surface area contributed by atoms with Crippen molar-refractivity contribution in [3.63, 3.8) is 0 Å². The number of aromatic nitrogens is 2. The highest BCUT2D eigenvalue weighted by atomic mass is 35.5. The Morgan fingerprint density at radius 2 is 2.00 bits per heavy atom. The van der Waals surface area contributed by atoms with Crippen molar-refractivity contribution in [1.82, 2.24) is 10.2 Å². The number of benzene rings is 1. The van der Waals surface area contributed by atoms with Gasteiger partial charge in [0.2, 0.25) is 0 Å². The van der Waals surface area contributed by atoms with Gasteiger partial charge in [-0.15, -0.1) is 0 Å². The van der Waals surface area contributed by atoms with Crippen molar-refractivity contribution in [2.45, 2.75) is 26.3 Å². The van der Waals surface area contributed by atoms with E-state index in [0.29, 0.717) is 6.42 Å². The van der Waals surface area contributed by atoms with Gasteiger partial charge in [0.25, 0.3) is 0 Å². The Morgan fingerprint density at radius 1 is 1.26 bits per heavy atom. The maximum absolute atomic E-state index is 13.1. The van der Waals surface area contributed by atoms with Crippen LogP contribution in [0.1, 0.15) is 28.6 Å². The van der Waals surface area contributed by atoms with E-state index in [4.69, 9.17) is 17.3 Å². The molecule has 2 N–H and O–H groups in total. The molecule has 1 aromatic heterocycles. The van der Waals surface area contributed by atoms with Crippen molar-refractivity contribution in [1.29, 1.82) is 0 Å². The number of nitrogens with zero attached hydrogens (tertiary/aromatic N) is 2. The Bertz CT molecular complexity index is 601. The van der Waals surface area contributed by atoms with E-state index in [0.717, 1.165) is 22.5 Å². The lowest BCUT2D eigenvalue weighted by Gasteiger charge is -2.14. The van der Waals surface area contributed by atoms with Crippen molar-refractivity contribution in [2.24, 2.45) is 5.73 Å². The number of rotatable bonds is 3. The Kier molecular flexibility index (Phi) is 4.12. The largest absolute Gasteiger partial charge is 0.324 e. The van der Waals surface area contributed by atoms with E-state index in [1.807, 2.05) is 19.9 Å². The minimum atomic E-state index is -0.420. The zero-order valence-electron chi connectivity index (χ0n) is 10.8. The fourth-order valence-corrected chi connectivity index (χ4v) is 2.18. The molecule has 3 nitrogen and oxygen atoms in total. The van der Waals surface area contributed by atoms with Gasteiger partial charge in [-0.2, -0.15) is 10.2 Å². The second kappa shape index (κ2) is 5.63. The molecule has 19 heavy (non-hydrogen) atoms. The topological polar surface area (TPSA) is 51.8 Å². The van der Waals surface area contributed by atoms with Gasteiger partial charge in [-0.05, 0) is 49.6 Å². The van der Waals surface area contributed by atoms with Crippen molar-refractivity contribution < 1.29 is 4.39 Å². The van der Waals surface area contributed by atoms with E-state index in [1.54, 1.807) is 12.1 Å². The number of hydrogen-bond donors (Lipinski definition) is 1. The zero-order valence-corrected chi connectivity index (χ0v) is 11.6. The first-order valence-corrected chi connectivity index (χ1v) is 6.35. The summed E-state index contributed by atoms with van der Waals surface area (Å²) in [5.41, 5.74) is 9.67. The Hall–Kier alpha value is -1.52. The molecule has 1 heterocycles. The van der Waals surface area contributed by atoms with Gasteiger partial charge in [0.1, 0.15) is 5.82 Å². The van der Waals surface area contributed by atoms with Crippen molar-refractivity contribution in [2.75, 3.05) is 0 Å². The lowest BCUT2D eigenvalue weighted by Crippen LogP contribution is -2.16. The monoisotopic (exact) mass is 279 g/mol. The quantitative estimate of drug-likeness (QED) is 0.939. The summed E-state index contributed by atoms with van der Waals surface area (Å²) in [5, 5.41) is 8.15. The lowest BCUT2D eigenvalue weighted by atomic mass is 9.98. The van der Waals surface area contributed by atoms with Crippen molar-refractivity contribution in [3.05, 3.63) is 57.6 Å². The molecule has 0 aliphatic rings. The number of aryl methyl sites for hydroxylation is 2. The van der Waals surface area contributed by atoms with Gasteiger partial charge in [-0.1, -0.05) is 17.7 Å². The first-order chi connectivity index (χ1) is 8.97. The molecule has 0 amide bonds. The molecular formula is C14H15ClFN3. The number of hydrogen-bond acceptors (Lipinski definition) is 3. The molecule has 1 aromatic carbocycles. The summed E-state index contributed by atoms with van der Waals surface area (Å²) in [6.07, 6.45) is 0.575.